The fourth-order valence-corrected chi connectivity index (χ4v) is 4.75. The van der Waals surface area contributed by atoms with Crippen LogP contribution in [0.4, 0.5) is 0 Å². The van der Waals surface area contributed by atoms with Crippen LogP contribution in [0.5, 0.6) is 0 Å². The number of nitrogens with zero attached hydrogens (tertiary/aromatic N) is 2. The molecule has 2 aromatic heterocycles. The molecular weight excluding hydrogens is 394 g/mol. The minimum absolute atomic E-state index is 0.0507. The summed E-state index contributed by atoms with van der Waals surface area (Å²) in [6.07, 6.45) is 6.57. The van der Waals surface area contributed by atoms with Gasteiger partial charge in [0.25, 0.3) is 0 Å². The topological polar surface area (TPSA) is 68.0 Å². The Labute approximate surface area is 181 Å². The number of nitrogens with one attached hydrogen (secondary N) is 1. The first kappa shape index (κ1) is 20.8. The summed E-state index contributed by atoms with van der Waals surface area (Å²) >= 11 is 1.68. The quantitative estimate of drug-likeness (QED) is 0.529. The van der Waals surface area contributed by atoms with Crippen molar-refractivity contribution in [2.45, 2.75) is 70.8 Å². The highest BCUT2D eigenvalue weighted by Crippen LogP contribution is 2.30. The standard InChI is InChI=1S/C24H29N3O2S/c1-16(2)24-26-22(29-27-24)11-5-10-21(28)25-23(20-9-6-14-30-20)19-13-12-17-7-3-4-8-18(17)15-19/h6,9,12-16,23H,3-5,7-8,10-11H2,1-2H3,(H,25,28). The van der Waals surface area contributed by atoms with E-state index in [-0.39, 0.29) is 17.9 Å². The van der Waals surface area contributed by atoms with Crippen LogP contribution in [0.15, 0.2) is 40.2 Å². The number of benzene rings is 1. The average molecular weight is 424 g/mol. The van der Waals surface area contributed by atoms with E-state index in [9.17, 15) is 4.79 Å². The maximum Gasteiger partial charge on any atom is 0.226 e. The van der Waals surface area contributed by atoms with Crippen molar-refractivity contribution in [1.29, 1.82) is 0 Å². The van der Waals surface area contributed by atoms with Gasteiger partial charge in [-0.1, -0.05) is 43.3 Å². The molecule has 5 nitrogen and oxygen atoms in total. The number of thiophene rings is 1. The van der Waals surface area contributed by atoms with E-state index in [4.69, 9.17) is 4.52 Å². The molecular formula is C24H29N3O2S. The zero-order valence-corrected chi connectivity index (χ0v) is 18.5. The van der Waals surface area contributed by atoms with E-state index in [0.29, 0.717) is 25.2 Å². The molecule has 2 heterocycles. The fraction of sp³-hybridized carbons (Fsp3) is 0.458. The summed E-state index contributed by atoms with van der Waals surface area (Å²) in [5.74, 6) is 1.62. The molecule has 3 aromatic rings. The monoisotopic (exact) mass is 423 g/mol. The zero-order valence-electron chi connectivity index (χ0n) is 17.7. The Balaban J connectivity index is 1.40. The van der Waals surface area contributed by atoms with Crippen LogP contribution in [0.3, 0.4) is 0 Å². The third-order valence-corrected chi connectivity index (χ3v) is 6.57. The number of fused-ring (bicyclic) bond motifs is 1. The van der Waals surface area contributed by atoms with Gasteiger partial charge in [-0.2, -0.15) is 4.98 Å². The number of carbonyl (C=O) groups excluding carboxylic acids is 1. The number of aromatic nitrogens is 2. The molecule has 1 atom stereocenters. The lowest BCUT2D eigenvalue weighted by Crippen LogP contribution is -2.29. The molecule has 4 rings (SSSR count). The van der Waals surface area contributed by atoms with Crippen molar-refractivity contribution in [3.8, 4) is 0 Å². The van der Waals surface area contributed by atoms with E-state index in [1.807, 2.05) is 19.9 Å². The molecule has 158 valence electrons. The molecule has 1 unspecified atom stereocenters. The molecule has 0 saturated carbocycles. The number of aryl methyl sites for hydroxylation is 3. The summed E-state index contributed by atoms with van der Waals surface area (Å²) in [6.45, 7) is 4.07. The van der Waals surface area contributed by atoms with Crippen molar-refractivity contribution in [2.75, 3.05) is 0 Å². The van der Waals surface area contributed by atoms with Crippen LogP contribution < -0.4 is 5.32 Å². The number of rotatable bonds is 8. The summed E-state index contributed by atoms with van der Waals surface area (Å²) < 4.78 is 5.28. The second-order valence-corrected chi connectivity index (χ2v) is 9.29. The highest BCUT2D eigenvalue weighted by molar-refractivity contribution is 7.10. The van der Waals surface area contributed by atoms with Crippen LogP contribution >= 0.6 is 11.3 Å². The van der Waals surface area contributed by atoms with Crippen molar-refractivity contribution in [3.05, 3.63) is 69.0 Å². The van der Waals surface area contributed by atoms with E-state index < -0.39 is 0 Å². The summed E-state index contributed by atoms with van der Waals surface area (Å²) in [5, 5.41) is 9.31. The average Bonchev–Trinajstić information content (AvgIpc) is 3.44. The van der Waals surface area contributed by atoms with Crippen LogP contribution in [-0.2, 0) is 24.1 Å². The van der Waals surface area contributed by atoms with Gasteiger partial charge in [-0.25, -0.2) is 0 Å². The second-order valence-electron chi connectivity index (χ2n) is 8.31. The SMILES string of the molecule is CC(C)c1noc(CCCC(=O)NC(c2ccc3c(c2)CCCC3)c2cccs2)n1. The molecule has 1 N–H and O–H groups in total. The highest BCUT2D eigenvalue weighted by atomic mass is 32.1. The Morgan fingerprint density at radius 1 is 1.20 bits per heavy atom. The van der Waals surface area contributed by atoms with Crippen LogP contribution in [0.1, 0.15) is 84.8 Å². The van der Waals surface area contributed by atoms with Gasteiger partial charge in [0.05, 0.1) is 6.04 Å². The first-order valence-corrected chi connectivity index (χ1v) is 11.7. The summed E-state index contributed by atoms with van der Waals surface area (Å²) in [4.78, 5) is 18.3. The van der Waals surface area contributed by atoms with Crippen LogP contribution in [0.2, 0.25) is 0 Å². The fourth-order valence-electron chi connectivity index (χ4n) is 3.94. The number of hydrogen-bond acceptors (Lipinski definition) is 5. The Morgan fingerprint density at radius 3 is 2.77 bits per heavy atom. The Kier molecular flexibility index (Phi) is 6.62. The first-order chi connectivity index (χ1) is 14.6. The van der Waals surface area contributed by atoms with Gasteiger partial charge >= 0.3 is 0 Å². The van der Waals surface area contributed by atoms with Crippen molar-refractivity contribution in [2.24, 2.45) is 0 Å². The van der Waals surface area contributed by atoms with Gasteiger partial charge < -0.3 is 9.84 Å². The lowest BCUT2D eigenvalue weighted by Gasteiger charge is -2.22. The van der Waals surface area contributed by atoms with Gasteiger partial charge in [0.2, 0.25) is 11.8 Å². The molecule has 1 amide bonds. The molecule has 0 fully saturated rings. The van der Waals surface area contributed by atoms with Crippen LogP contribution in [0.25, 0.3) is 0 Å². The second kappa shape index (κ2) is 9.56. The molecule has 0 spiro atoms. The van der Waals surface area contributed by atoms with Crippen molar-refractivity contribution in [1.82, 2.24) is 15.5 Å². The van der Waals surface area contributed by atoms with E-state index in [1.165, 1.54) is 36.0 Å². The predicted octanol–water partition coefficient (Wildman–Crippen LogP) is 5.36. The third kappa shape index (κ3) is 4.98. The highest BCUT2D eigenvalue weighted by Gasteiger charge is 2.20. The normalized spacial score (nSPS) is 14.5. The molecule has 0 radical (unpaired) electrons. The third-order valence-electron chi connectivity index (χ3n) is 5.63. The van der Waals surface area contributed by atoms with Crippen LogP contribution in [-0.4, -0.2) is 16.0 Å². The molecule has 0 aliphatic heterocycles. The lowest BCUT2D eigenvalue weighted by molar-refractivity contribution is -0.121. The first-order valence-electron chi connectivity index (χ1n) is 10.9. The van der Waals surface area contributed by atoms with E-state index in [2.05, 4.69) is 45.1 Å². The van der Waals surface area contributed by atoms with Gasteiger partial charge in [-0.15, -0.1) is 11.3 Å². The van der Waals surface area contributed by atoms with Crippen molar-refractivity contribution >= 4 is 17.2 Å². The maximum absolute atomic E-state index is 12.7. The van der Waals surface area contributed by atoms with Gasteiger partial charge in [0.1, 0.15) is 0 Å². The smallest absolute Gasteiger partial charge is 0.226 e. The molecule has 1 aromatic carbocycles. The van der Waals surface area contributed by atoms with Gasteiger partial charge in [-0.05, 0) is 60.2 Å². The maximum atomic E-state index is 12.7. The van der Waals surface area contributed by atoms with Crippen LogP contribution in [0, 0.1) is 0 Å². The van der Waals surface area contributed by atoms with E-state index in [0.717, 1.165) is 17.1 Å². The summed E-state index contributed by atoms with van der Waals surface area (Å²) in [5.41, 5.74) is 4.07. The largest absolute Gasteiger partial charge is 0.344 e. The molecule has 0 saturated heterocycles. The number of amides is 1. The predicted molar refractivity (Wildman–Crippen MR) is 119 cm³/mol. The van der Waals surface area contributed by atoms with Gasteiger partial charge in [0, 0.05) is 23.6 Å². The molecule has 30 heavy (non-hydrogen) atoms. The number of carbonyl (C=O) groups is 1. The van der Waals surface area contributed by atoms with Gasteiger partial charge in [-0.3, -0.25) is 4.79 Å². The van der Waals surface area contributed by atoms with E-state index >= 15 is 0 Å². The Bertz CT molecular complexity index is 978. The van der Waals surface area contributed by atoms with Crippen molar-refractivity contribution < 1.29 is 9.32 Å². The molecule has 1 aliphatic rings. The van der Waals surface area contributed by atoms with Crippen molar-refractivity contribution in [3.63, 3.8) is 0 Å². The lowest BCUT2D eigenvalue weighted by atomic mass is 9.89. The summed E-state index contributed by atoms with van der Waals surface area (Å²) in [6, 6.07) is 10.8. The summed E-state index contributed by atoms with van der Waals surface area (Å²) in [7, 11) is 0. The molecule has 0 bridgehead atoms. The van der Waals surface area contributed by atoms with E-state index in [1.54, 1.807) is 11.3 Å². The molecule has 1 aliphatic carbocycles. The van der Waals surface area contributed by atoms with Gasteiger partial charge in [0.15, 0.2) is 5.82 Å². The molecule has 6 heteroatoms. The minimum atomic E-state index is -0.0966. The minimum Gasteiger partial charge on any atom is -0.344 e. The Hall–Kier alpha value is -2.47. The number of hydrogen-bond donors (Lipinski definition) is 1. The zero-order chi connectivity index (χ0) is 20.9. The Morgan fingerprint density at radius 2 is 2.03 bits per heavy atom.